The summed E-state index contributed by atoms with van der Waals surface area (Å²) < 4.78 is 23.4. The van der Waals surface area contributed by atoms with Gasteiger partial charge in [0.25, 0.3) is 5.56 Å². The number of carbonyl (C=O) groups excluding carboxylic acids is 1. The quantitative estimate of drug-likeness (QED) is 0.470. The fourth-order valence-corrected chi connectivity index (χ4v) is 5.02. The lowest BCUT2D eigenvalue weighted by Crippen LogP contribution is -2.39. The van der Waals surface area contributed by atoms with E-state index in [-0.39, 0.29) is 12.2 Å². The summed E-state index contributed by atoms with van der Waals surface area (Å²) in [6.07, 6.45) is 1.75. The van der Waals surface area contributed by atoms with E-state index in [1.807, 2.05) is 12.1 Å². The molecule has 0 saturated heterocycles. The van der Waals surface area contributed by atoms with Crippen molar-refractivity contribution in [3.8, 4) is 17.2 Å². The molecule has 0 aliphatic carbocycles. The van der Waals surface area contributed by atoms with Gasteiger partial charge in [-0.15, -0.1) is 0 Å². The van der Waals surface area contributed by atoms with E-state index in [0.29, 0.717) is 43.4 Å². The number of allylic oxidation sites excluding steroid dienone is 1. The van der Waals surface area contributed by atoms with Crippen molar-refractivity contribution in [2.75, 3.05) is 27.9 Å². The number of hydrogen-bond donors (Lipinski definition) is 0. The first kappa shape index (κ1) is 24.3. The number of carbonyl (C=O) groups is 1. The maximum Gasteiger partial charge on any atom is 0.338 e. The van der Waals surface area contributed by atoms with Crippen molar-refractivity contribution in [2.24, 2.45) is 4.99 Å². The maximum atomic E-state index is 13.7. The molecule has 1 aromatic heterocycles. The van der Waals surface area contributed by atoms with Crippen LogP contribution in [0.2, 0.25) is 0 Å². The van der Waals surface area contributed by atoms with Gasteiger partial charge < -0.3 is 18.9 Å². The zero-order valence-electron chi connectivity index (χ0n) is 20.2. The Bertz CT molecular complexity index is 1470. The van der Waals surface area contributed by atoms with Crippen LogP contribution in [0.4, 0.5) is 0 Å². The van der Waals surface area contributed by atoms with Crippen LogP contribution in [-0.4, -0.2) is 38.5 Å². The first-order valence-electron chi connectivity index (χ1n) is 11.0. The third-order valence-corrected chi connectivity index (χ3v) is 6.65. The number of rotatable bonds is 7. The molecule has 0 unspecified atom stereocenters. The van der Waals surface area contributed by atoms with Crippen molar-refractivity contribution >= 4 is 23.4 Å². The molecule has 1 aliphatic heterocycles. The molecule has 0 amide bonds. The molecule has 8 nitrogen and oxygen atoms in total. The number of ether oxygens (including phenoxy) is 4. The largest absolute Gasteiger partial charge is 0.497 e. The van der Waals surface area contributed by atoms with E-state index in [1.54, 1.807) is 76.2 Å². The first-order chi connectivity index (χ1) is 16.9. The van der Waals surface area contributed by atoms with E-state index in [4.69, 9.17) is 18.9 Å². The Hall–Kier alpha value is -3.85. The van der Waals surface area contributed by atoms with Crippen LogP contribution >= 0.6 is 11.3 Å². The lowest BCUT2D eigenvalue weighted by Gasteiger charge is -2.24. The summed E-state index contributed by atoms with van der Waals surface area (Å²) >= 11 is 1.25. The third kappa shape index (κ3) is 4.59. The van der Waals surface area contributed by atoms with E-state index in [1.165, 1.54) is 11.3 Å². The van der Waals surface area contributed by atoms with Crippen LogP contribution < -0.4 is 29.1 Å². The number of hydrogen-bond acceptors (Lipinski definition) is 8. The van der Waals surface area contributed by atoms with Crippen molar-refractivity contribution in [1.29, 1.82) is 0 Å². The number of nitrogens with zero attached hydrogens (tertiary/aromatic N) is 2. The summed E-state index contributed by atoms with van der Waals surface area (Å²) in [7, 11) is 4.73. The number of benzene rings is 2. The van der Waals surface area contributed by atoms with Gasteiger partial charge in [0.15, 0.2) is 4.80 Å². The zero-order chi connectivity index (χ0) is 25.1. The highest BCUT2D eigenvalue weighted by Gasteiger charge is 2.33. The molecule has 182 valence electrons. The summed E-state index contributed by atoms with van der Waals surface area (Å²) in [5, 5.41) is 0. The molecule has 2 aromatic carbocycles. The molecular weight excluding hydrogens is 468 g/mol. The van der Waals surface area contributed by atoms with Gasteiger partial charge >= 0.3 is 5.97 Å². The predicted octanol–water partition coefficient (Wildman–Crippen LogP) is 2.82. The maximum absolute atomic E-state index is 13.7. The van der Waals surface area contributed by atoms with Gasteiger partial charge in [-0.2, -0.15) is 0 Å². The van der Waals surface area contributed by atoms with Crippen LogP contribution in [-0.2, 0) is 9.53 Å². The van der Waals surface area contributed by atoms with Crippen LogP contribution in [0.5, 0.6) is 17.2 Å². The van der Waals surface area contributed by atoms with Gasteiger partial charge in [0.2, 0.25) is 0 Å². The molecule has 1 atom stereocenters. The molecule has 3 aromatic rings. The number of methoxy groups -OCH3 is 3. The van der Waals surface area contributed by atoms with E-state index in [2.05, 4.69) is 4.99 Å². The van der Waals surface area contributed by atoms with Crippen LogP contribution in [0.15, 0.2) is 63.5 Å². The predicted molar refractivity (Wildman–Crippen MR) is 133 cm³/mol. The van der Waals surface area contributed by atoms with Gasteiger partial charge in [0.1, 0.15) is 17.2 Å². The Labute approximate surface area is 206 Å². The minimum Gasteiger partial charge on any atom is -0.497 e. The average Bonchev–Trinajstić information content (AvgIpc) is 3.17. The summed E-state index contributed by atoms with van der Waals surface area (Å²) in [4.78, 5) is 31.8. The van der Waals surface area contributed by atoms with Crippen LogP contribution in [0, 0.1) is 0 Å². The number of esters is 1. The van der Waals surface area contributed by atoms with Gasteiger partial charge in [0, 0.05) is 5.56 Å². The summed E-state index contributed by atoms with van der Waals surface area (Å²) in [6, 6.07) is 11.9. The van der Waals surface area contributed by atoms with Crippen LogP contribution in [0.25, 0.3) is 6.08 Å². The normalized spacial score (nSPS) is 15.3. The molecule has 1 aliphatic rings. The summed E-state index contributed by atoms with van der Waals surface area (Å²) in [5.74, 6) is 1.41. The molecule has 0 bridgehead atoms. The van der Waals surface area contributed by atoms with E-state index in [9.17, 15) is 9.59 Å². The molecule has 2 heterocycles. The fourth-order valence-electron chi connectivity index (χ4n) is 3.99. The van der Waals surface area contributed by atoms with Crippen molar-refractivity contribution < 1.29 is 23.7 Å². The zero-order valence-corrected chi connectivity index (χ0v) is 21.0. The Morgan fingerprint density at radius 2 is 1.74 bits per heavy atom. The number of fused-ring (bicyclic) bond motifs is 1. The van der Waals surface area contributed by atoms with Crippen molar-refractivity contribution in [2.45, 2.75) is 19.9 Å². The van der Waals surface area contributed by atoms with Crippen LogP contribution in [0.3, 0.4) is 0 Å². The lowest BCUT2D eigenvalue weighted by molar-refractivity contribution is -0.139. The van der Waals surface area contributed by atoms with Gasteiger partial charge in [-0.3, -0.25) is 9.36 Å². The Morgan fingerprint density at radius 1 is 1.06 bits per heavy atom. The van der Waals surface area contributed by atoms with Gasteiger partial charge in [-0.1, -0.05) is 23.5 Å². The van der Waals surface area contributed by atoms with Crippen LogP contribution in [0.1, 0.15) is 31.0 Å². The molecule has 0 fully saturated rings. The third-order valence-electron chi connectivity index (χ3n) is 5.67. The fraction of sp³-hybridized carbons (Fsp3) is 0.269. The Morgan fingerprint density at radius 3 is 2.37 bits per heavy atom. The second kappa shape index (κ2) is 10.2. The molecule has 35 heavy (non-hydrogen) atoms. The monoisotopic (exact) mass is 494 g/mol. The topological polar surface area (TPSA) is 88.4 Å². The highest BCUT2D eigenvalue weighted by Crippen LogP contribution is 2.31. The number of aromatic nitrogens is 1. The smallest absolute Gasteiger partial charge is 0.338 e. The molecule has 0 radical (unpaired) electrons. The SMILES string of the molecule is CCOC(=O)C1=C(C)N=c2sc(=Cc3cc(OC)ccc3OC)c(=O)n2[C@@H]1c1ccc(OC)cc1. The Kier molecular flexibility index (Phi) is 7.07. The highest BCUT2D eigenvalue weighted by molar-refractivity contribution is 7.07. The average molecular weight is 495 g/mol. The second-order valence-corrected chi connectivity index (χ2v) is 8.69. The second-order valence-electron chi connectivity index (χ2n) is 7.68. The summed E-state index contributed by atoms with van der Waals surface area (Å²) in [5.41, 5.74) is 2.01. The van der Waals surface area contributed by atoms with E-state index in [0.717, 1.165) is 5.56 Å². The molecular formula is C26H26N2O6S. The van der Waals surface area contributed by atoms with Gasteiger partial charge in [-0.05, 0) is 55.8 Å². The molecule has 4 rings (SSSR count). The lowest BCUT2D eigenvalue weighted by atomic mass is 9.96. The minimum absolute atomic E-state index is 0.213. The van der Waals surface area contributed by atoms with Gasteiger partial charge in [-0.25, -0.2) is 9.79 Å². The standard InChI is InChI=1S/C26H26N2O6S/c1-6-34-25(30)22-15(2)27-26-28(23(22)16-7-9-18(31-3)10-8-16)24(29)21(35-26)14-17-13-19(32-4)11-12-20(17)33-5/h7-14,23H,6H2,1-5H3/t23-/m1/s1. The Balaban J connectivity index is 1.95. The van der Waals surface area contributed by atoms with E-state index >= 15 is 0 Å². The van der Waals surface area contributed by atoms with Gasteiger partial charge in [0.05, 0.1) is 49.8 Å². The van der Waals surface area contributed by atoms with E-state index < -0.39 is 12.0 Å². The highest BCUT2D eigenvalue weighted by atomic mass is 32.1. The number of thiazole rings is 1. The molecule has 0 saturated carbocycles. The van der Waals surface area contributed by atoms with Crippen molar-refractivity contribution in [1.82, 2.24) is 4.57 Å². The van der Waals surface area contributed by atoms with Crippen molar-refractivity contribution in [3.05, 3.63) is 84.5 Å². The molecule has 0 N–H and O–H groups in total. The van der Waals surface area contributed by atoms with Crippen molar-refractivity contribution in [3.63, 3.8) is 0 Å². The summed E-state index contributed by atoms with van der Waals surface area (Å²) in [6.45, 7) is 3.71. The molecule has 9 heteroatoms. The molecule has 0 spiro atoms. The first-order valence-corrected chi connectivity index (χ1v) is 11.8. The minimum atomic E-state index is -0.689.